The summed E-state index contributed by atoms with van der Waals surface area (Å²) in [6.07, 6.45) is 0. The number of carbonyl (C=O) groups is 2. The lowest BCUT2D eigenvalue weighted by Crippen LogP contribution is -2.50. The van der Waals surface area contributed by atoms with Gasteiger partial charge in [-0.3, -0.25) is 14.5 Å². The number of ether oxygens (including phenoxy) is 2. The summed E-state index contributed by atoms with van der Waals surface area (Å²) in [5, 5.41) is 11.2. The van der Waals surface area contributed by atoms with Crippen molar-refractivity contribution in [1.82, 2.24) is 20.3 Å². The molecule has 0 aliphatic heterocycles. The van der Waals surface area contributed by atoms with E-state index >= 15 is 0 Å². The number of carbonyl (C=O) groups excluding carboxylic acids is 2. The van der Waals surface area contributed by atoms with Crippen LogP contribution in [0.3, 0.4) is 0 Å². The van der Waals surface area contributed by atoms with Crippen molar-refractivity contribution in [2.45, 2.75) is 38.9 Å². The highest BCUT2D eigenvalue weighted by molar-refractivity contribution is 6.01. The molecule has 9 nitrogen and oxygen atoms in total. The number of halogens is 1. The van der Waals surface area contributed by atoms with Gasteiger partial charge in [-0.2, -0.15) is 0 Å². The number of hydrogen-bond donors (Lipinski definition) is 1. The summed E-state index contributed by atoms with van der Waals surface area (Å²) in [4.78, 5) is 29.2. The number of rotatable bonds is 8. The van der Waals surface area contributed by atoms with Crippen LogP contribution in [0.25, 0.3) is 11.0 Å². The van der Waals surface area contributed by atoms with E-state index in [4.69, 9.17) is 9.47 Å². The summed E-state index contributed by atoms with van der Waals surface area (Å²) in [6.45, 7) is 5.33. The first-order chi connectivity index (χ1) is 18.1. The summed E-state index contributed by atoms with van der Waals surface area (Å²) in [5.74, 6) is -0.470. The van der Waals surface area contributed by atoms with E-state index < -0.39 is 29.2 Å². The topological polar surface area (TPSA) is 98.6 Å². The third-order valence-corrected chi connectivity index (χ3v) is 5.77. The highest BCUT2D eigenvalue weighted by Crippen LogP contribution is 2.34. The predicted molar refractivity (Wildman–Crippen MR) is 142 cm³/mol. The van der Waals surface area contributed by atoms with Gasteiger partial charge >= 0.3 is 0 Å². The summed E-state index contributed by atoms with van der Waals surface area (Å²) in [7, 11) is 3.00. The Labute approximate surface area is 220 Å². The first kappa shape index (κ1) is 26.6. The average Bonchev–Trinajstić information content (AvgIpc) is 3.29. The fraction of sp³-hybridized carbons (Fsp3) is 0.286. The Morgan fingerprint density at radius 3 is 2.24 bits per heavy atom. The molecule has 0 aliphatic carbocycles. The lowest BCUT2D eigenvalue weighted by molar-refractivity contribution is -0.128. The van der Waals surface area contributed by atoms with E-state index in [0.29, 0.717) is 33.8 Å². The van der Waals surface area contributed by atoms with E-state index in [-0.39, 0.29) is 6.54 Å². The number of nitrogens with one attached hydrogen (secondary N) is 1. The van der Waals surface area contributed by atoms with Gasteiger partial charge in [-0.05, 0) is 74.9 Å². The molecule has 2 amide bonds. The number of hydrogen-bond acceptors (Lipinski definition) is 6. The molecule has 3 aromatic carbocycles. The van der Waals surface area contributed by atoms with Crippen molar-refractivity contribution in [3.63, 3.8) is 0 Å². The van der Waals surface area contributed by atoms with Crippen molar-refractivity contribution in [3.8, 4) is 11.5 Å². The second kappa shape index (κ2) is 10.9. The zero-order chi connectivity index (χ0) is 27.4. The monoisotopic (exact) mass is 519 g/mol. The van der Waals surface area contributed by atoms with Crippen LogP contribution in [-0.2, 0) is 16.1 Å². The van der Waals surface area contributed by atoms with Crippen LogP contribution in [0.1, 0.15) is 32.4 Å². The van der Waals surface area contributed by atoms with Gasteiger partial charge in [0.05, 0.1) is 19.7 Å². The summed E-state index contributed by atoms with van der Waals surface area (Å²) < 4.78 is 26.2. The van der Waals surface area contributed by atoms with Crippen LogP contribution in [0.4, 0.5) is 10.1 Å². The average molecular weight is 520 g/mol. The van der Waals surface area contributed by atoms with Gasteiger partial charge in [-0.25, -0.2) is 9.07 Å². The molecule has 0 aliphatic rings. The Balaban J connectivity index is 1.87. The molecule has 1 heterocycles. The molecule has 10 heteroatoms. The van der Waals surface area contributed by atoms with Crippen LogP contribution in [0.5, 0.6) is 11.5 Å². The molecule has 0 fully saturated rings. The molecule has 1 atom stereocenters. The third-order valence-electron chi connectivity index (χ3n) is 5.77. The van der Waals surface area contributed by atoms with E-state index in [0.717, 1.165) is 0 Å². The SMILES string of the molecule is COc1cc(OC)cc(C(C(=O)NC(C)(C)C)N(C(=O)Cn2nnc3ccccc32)c2ccc(F)cc2)c1. The van der Waals surface area contributed by atoms with Crippen LogP contribution in [-0.4, -0.2) is 46.6 Å². The minimum atomic E-state index is -1.15. The fourth-order valence-electron chi connectivity index (χ4n) is 4.12. The van der Waals surface area contributed by atoms with Gasteiger partial charge in [0.25, 0.3) is 0 Å². The molecule has 1 aromatic heterocycles. The predicted octanol–water partition coefficient (Wildman–Crippen LogP) is 4.28. The fourth-order valence-corrected chi connectivity index (χ4v) is 4.12. The van der Waals surface area contributed by atoms with Crippen LogP contribution in [0, 0.1) is 5.82 Å². The molecule has 4 rings (SSSR count). The Bertz CT molecular complexity index is 1420. The van der Waals surface area contributed by atoms with Crippen molar-refractivity contribution < 1.29 is 23.5 Å². The molecule has 0 radical (unpaired) electrons. The van der Waals surface area contributed by atoms with Crippen molar-refractivity contribution in [1.29, 1.82) is 0 Å². The first-order valence-corrected chi connectivity index (χ1v) is 12.0. The Kier molecular flexibility index (Phi) is 7.61. The summed E-state index contributed by atoms with van der Waals surface area (Å²) in [5.41, 5.74) is 1.48. The van der Waals surface area contributed by atoms with Crippen molar-refractivity contribution in [2.24, 2.45) is 0 Å². The third kappa shape index (κ3) is 5.91. The molecule has 1 unspecified atom stereocenters. The molecule has 0 spiro atoms. The summed E-state index contributed by atoms with van der Waals surface area (Å²) in [6, 6.07) is 16.5. The molecular formula is C28H30FN5O4. The van der Waals surface area contributed by atoms with Crippen molar-refractivity contribution >= 4 is 28.5 Å². The van der Waals surface area contributed by atoms with Gasteiger partial charge in [0.2, 0.25) is 11.8 Å². The molecule has 0 bridgehead atoms. The molecule has 198 valence electrons. The number of aromatic nitrogens is 3. The molecule has 0 saturated heterocycles. The van der Waals surface area contributed by atoms with Gasteiger partial charge < -0.3 is 14.8 Å². The highest BCUT2D eigenvalue weighted by Gasteiger charge is 2.35. The largest absolute Gasteiger partial charge is 0.497 e. The number of methoxy groups -OCH3 is 2. The molecule has 1 N–H and O–H groups in total. The lowest BCUT2D eigenvalue weighted by Gasteiger charge is -2.34. The van der Waals surface area contributed by atoms with Gasteiger partial charge in [0.1, 0.15) is 35.4 Å². The van der Waals surface area contributed by atoms with Gasteiger partial charge in [0.15, 0.2) is 0 Å². The Morgan fingerprint density at radius 2 is 1.63 bits per heavy atom. The second-order valence-electron chi connectivity index (χ2n) is 9.76. The quantitative estimate of drug-likeness (QED) is 0.373. The minimum absolute atomic E-state index is 0.210. The van der Waals surface area contributed by atoms with E-state index in [1.54, 1.807) is 24.3 Å². The highest BCUT2D eigenvalue weighted by atomic mass is 19.1. The number of fused-ring (bicyclic) bond motifs is 1. The zero-order valence-corrected chi connectivity index (χ0v) is 21.9. The van der Waals surface area contributed by atoms with Crippen molar-refractivity contribution in [3.05, 3.63) is 78.1 Å². The van der Waals surface area contributed by atoms with Crippen LogP contribution < -0.4 is 19.7 Å². The standard InChI is InChI=1S/C28H30FN5O4/c1-28(2,3)30-27(36)26(18-14-21(37-4)16-22(15-18)38-5)34(20-12-10-19(29)11-13-20)25(35)17-33-24-9-7-6-8-23(24)31-32-33/h6-16,26H,17H2,1-5H3,(H,30,36). The second-order valence-corrected chi connectivity index (χ2v) is 9.76. The number of anilines is 1. The molecule has 4 aromatic rings. The van der Waals surface area contributed by atoms with Crippen LogP contribution in [0.15, 0.2) is 66.7 Å². The number of para-hydroxylation sites is 1. The molecular weight excluding hydrogens is 489 g/mol. The number of benzene rings is 3. The number of nitrogens with zero attached hydrogens (tertiary/aromatic N) is 4. The number of amides is 2. The van der Waals surface area contributed by atoms with E-state index in [1.807, 2.05) is 39.0 Å². The Hall–Kier alpha value is -4.47. The molecule has 0 saturated carbocycles. The van der Waals surface area contributed by atoms with E-state index in [9.17, 15) is 14.0 Å². The summed E-state index contributed by atoms with van der Waals surface area (Å²) >= 11 is 0. The maximum Gasteiger partial charge on any atom is 0.249 e. The zero-order valence-electron chi connectivity index (χ0n) is 21.9. The molecule has 38 heavy (non-hydrogen) atoms. The van der Waals surface area contributed by atoms with Crippen molar-refractivity contribution in [2.75, 3.05) is 19.1 Å². The minimum Gasteiger partial charge on any atom is -0.497 e. The van der Waals surface area contributed by atoms with Gasteiger partial charge in [-0.1, -0.05) is 17.3 Å². The van der Waals surface area contributed by atoms with E-state index in [2.05, 4.69) is 15.6 Å². The van der Waals surface area contributed by atoms with Crippen LogP contribution >= 0.6 is 0 Å². The van der Waals surface area contributed by atoms with Gasteiger partial charge in [0, 0.05) is 17.3 Å². The lowest BCUT2D eigenvalue weighted by atomic mass is 10.00. The maximum atomic E-state index is 14.0. The van der Waals surface area contributed by atoms with Gasteiger partial charge in [-0.15, -0.1) is 5.10 Å². The Morgan fingerprint density at radius 1 is 1.00 bits per heavy atom. The first-order valence-electron chi connectivity index (χ1n) is 12.0. The maximum absolute atomic E-state index is 14.0. The smallest absolute Gasteiger partial charge is 0.249 e. The van der Waals surface area contributed by atoms with Crippen LogP contribution in [0.2, 0.25) is 0 Å². The normalized spacial score (nSPS) is 12.2. The van der Waals surface area contributed by atoms with E-state index in [1.165, 1.54) is 48.1 Å².